The number of aromatic nitrogens is 4. The van der Waals surface area contributed by atoms with Gasteiger partial charge in [0.2, 0.25) is 5.95 Å². The normalized spacial score (nSPS) is 16.9. The number of phenols is 1. The minimum Gasteiger partial charge on any atom is -0.508 e. The summed E-state index contributed by atoms with van der Waals surface area (Å²) in [5.41, 5.74) is 1.82. The monoisotopic (exact) mass is 301 g/mol. The number of hydrogen-bond donors (Lipinski definition) is 2. The van der Waals surface area contributed by atoms with Gasteiger partial charge in [-0.15, -0.1) is 0 Å². The van der Waals surface area contributed by atoms with Crippen LogP contribution in [0.2, 0.25) is 0 Å². The van der Waals surface area contributed by atoms with Gasteiger partial charge in [0.15, 0.2) is 0 Å². The summed E-state index contributed by atoms with van der Waals surface area (Å²) in [5, 5.41) is 24.3. The van der Waals surface area contributed by atoms with E-state index in [2.05, 4.69) is 20.8 Å². The highest BCUT2D eigenvalue weighted by Crippen LogP contribution is 2.36. The molecule has 1 aromatic carbocycles. The van der Waals surface area contributed by atoms with Gasteiger partial charge in [0.25, 0.3) is 0 Å². The summed E-state index contributed by atoms with van der Waals surface area (Å²) in [6, 6.07) is 6.10. The number of aromatic hydroxyl groups is 1. The molecule has 0 amide bonds. The molecule has 0 bridgehead atoms. The minimum atomic E-state index is -0.555. The van der Waals surface area contributed by atoms with Crippen molar-refractivity contribution in [2.24, 2.45) is 0 Å². The van der Waals surface area contributed by atoms with Gasteiger partial charge in [-0.2, -0.15) is 4.68 Å². The van der Waals surface area contributed by atoms with Gasteiger partial charge in [-0.1, -0.05) is 24.2 Å². The maximum Gasteiger partial charge on any atom is 0.338 e. The van der Waals surface area contributed by atoms with E-state index < -0.39 is 12.0 Å². The van der Waals surface area contributed by atoms with Crippen molar-refractivity contribution in [3.05, 3.63) is 41.1 Å². The zero-order chi connectivity index (χ0) is 15.7. The molecule has 8 heteroatoms. The first-order valence-corrected chi connectivity index (χ1v) is 6.80. The van der Waals surface area contributed by atoms with Gasteiger partial charge in [0, 0.05) is 5.70 Å². The van der Waals surface area contributed by atoms with Crippen LogP contribution in [0.15, 0.2) is 35.5 Å². The lowest BCUT2D eigenvalue weighted by atomic mass is 9.94. The van der Waals surface area contributed by atoms with E-state index in [4.69, 9.17) is 4.74 Å². The fourth-order valence-corrected chi connectivity index (χ4v) is 2.57. The third-order valence-corrected chi connectivity index (χ3v) is 3.54. The summed E-state index contributed by atoms with van der Waals surface area (Å²) >= 11 is 0. The van der Waals surface area contributed by atoms with E-state index in [1.807, 2.05) is 6.92 Å². The number of esters is 1. The molecule has 0 fully saturated rings. The second-order valence-corrected chi connectivity index (χ2v) is 4.81. The highest BCUT2D eigenvalue weighted by atomic mass is 16.5. The highest BCUT2D eigenvalue weighted by molar-refractivity contribution is 5.92. The van der Waals surface area contributed by atoms with Crippen molar-refractivity contribution >= 4 is 11.9 Å². The molecule has 2 heterocycles. The van der Waals surface area contributed by atoms with Gasteiger partial charge in [-0.25, -0.2) is 4.79 Å². The minimum absolute atomic E-state index is 0.105. The third kappa shape index (κ3) is 2.18. The number of hydrogen-bond acceptors (Lipinski definition) is 7. The van der Waals surface area contributed by atoms with Crippen LogP contribution in [0.1, 0.15) is 24.9 Å². The van der Waals surface area contributed by atoms with E-state index in [-0.39, 0.29) is 5.75 Å². The highest BCUT2D eigenvalue weighted by Gasteiger charge is 2.35. The van der Waals surface area contributed by atoms with Gasteiger partial charge in [-0.05, 0) is 34.5 Å². The van der Waals surface area contributed by atoms with Crippen LogP contribution in [-0.2, 0) is 9.53 Å². The molecular weight excluding hydrogens is 286 g/mol. The summed E-state index contributed by atoms with van der Waals surface area (Å²) in [5.74, 6) is 0.0876. The molecule has 0 saturated heterocycles. The Labute approximate surface area is 126 Å². The average molecular weight is 301 g/mol. The molecule has 8 nitrogen and oxygen atoms in total. The molecular formula is C14H15N5O3. The zero-order valence-electron chi connectivity index (χ0n) is 12.1. The predicted molar refractivity (Wildman–Crippen MR) is 77.0 cm³/mol. The van der Waals surface area contributed by atoms with Crippen molar-refractivity contribution in [3.8, 4) is 5.75 Å². The fraction of sp³-hybridized carbons (Fsp3) is 0.286. The number of carbonyl (C=O) groups excluding carboxylic acids is 1. The molecule has 1 atom stereocenters. The van der Waals surface area contributed by atoms with Gasteiger partial charge in [-0.3, -0.25) is 0 Å². The Bertz CT molecular complexity index is 752. The molecule has 2 aromatic rings. The summed E-state index contributed by atoms with van der Waals surface area (Å²) < 4.78 is 6.41. The van der Waals surface area contributed by atoms with Crippen LogP contribution in [0, 0.1) is 0 Å². The number of nitrogens with zero attached hydrogens (tertiary/aromatic N) is 4. The molecule has 1 aromatic heterocycles. The number of anilines is 1. The molecule has 1 aliphatic rings. The van der Waals surface area contributed by atoms with Crippen LogP contribution in [0.4, 0.5) is 5.95 Å². The molecule has 0 spiro atoms. The van der Waals surface area contributed by atoms with E-state index in [1.165, 1.54) is 11.8 Å². The first-order valence-electron chi connectivity index (χ1n) is 6.80. The second-order valence-electron chi connectivity index (χ2n) is 4.81. The fourth-order valence-electron chi connectivity index (χ4n) is 2.57. The van der Waals surface area contributed by atoms with E-state index in [0.717, 1.165) is 0 Å². The summed E-state index contributed by atoms with van der Waals surface area (Å²) in [6.07, 6.45) is 0.590. The van der Waals surface area contributed by atoms with Crippen molar-refractivity contribution in [1.29, 1.82) is 0 Å². The van der Waals surface area contributed by atoms with Gasteiger partial charge in [0.1, 0.15) is 11.8 Å². The predicted octanol–water partition coefficient (Wildman–Crippen LogP) is 1.23. The number of nitrogens with one attached hydrogen (secondary N) is 1. The molecule has 0 saturated carbocycles. The maximum atomic E-state index is 12.3. The average Bonchev–Trinajstić information content (AvgIpc) is 3.00. The SMILES string of the molecule is CCC1=C(C(=O)OC)C(c2cccc(O)c2)n2nnnc2N1. The van der Waals surface area contributed by atoms with Crippen molar-refractivity contribution < 1.29 is 14.6 Å². The van der Waals surface area contributed by atoms with Crippen molar-refractivity contribution in [3.63, 3.8) is 0 Å². The molecule has 1 aliphatic heterocycles. The smallest absolute Gasteiger partial charge is 0.338 e. The van der Waals surface area contributed by atoms with Crippen molar-refractivity contribution in [1.82, 2.24) is 20.2 Å². The van der Waals surface area contributed by atoms with Crippen molar-refractivity contribution in [2.45, 2.75) is 19.4 Å². The Morgan fingerprint density at radius 1 is 1.50 bits per heavy atom. The Kier molecular flexibility index (Phi) is 3.50. The lowest BCUT2D eigenvalue weighted by Gasteiger charge is -2.28. The second kappa shape index (κ2) is 5.47. The summed E-state index contributed by atoms with van der Waals surface area (Å²) in [4.78, 5) is 12.3. The van der Waals surface area contributed by atoms with Crippen LogP contribution >= 0.6 is 0 Å². The topological polar surface area (TPSA) is 102 Å². The number of ether oxygens (including phenoxy) is 1. The third-order valence-electron chi connectivity index (χ3n) is 3.54. The van der Waals surface area contributed by atoms with E-state index in [0.29, 0.717) is 29.2 Å². The zero-order valence-corrected chi connectivity index (χ0v) is 12.1. The van der Waals surface area contributed by atoms with E-state index in [9.17, 15) is 9.90 Å². The number of benzene rings is 1. The summed E-state index contributed by atoms with van der Waals surface area (Å²) in [6.45, 7) is 1.92. The van der Waals surface area contributed by atoms with Crippen LogP contribution in [0.3, 0.4) is 0 Å². The Morgan fingerprint density at radius 3 is 3.00 bits per heavy atom. The van der Waals surface area contributed by atoms with Gasteiger partial charge >= 0.3 is 5.97 Å². The first kappa shape index (κ1) is 14.1. The van der Waals surface area contributed by atoms with Crippen LogP contribution in [0.25, 0.3) is 0 Å². The Balaban J connectivity index is 2.22. The van der Waals surface area contributed by atoms with Crippen LogP contribution < -0.4 is 5.32 Å². The molecule has 3 rings (SSSR count). The first-order chi connectivity index (χ1) is 10.7. The molecule has 0 radical (unpaired) electrons. The number of methoxy groups -OCH3 is 1. The summed E-state index contributed by atoms with van der Waals surface area (Å²) in [7, 11) is 1.33. The van der Waals surface area contributed by atoms with E-state index >= 15 is 0 Å². The van der Waals surface area contributed by atoms with E-state index in [1.54, 1.807) is 24.3 Å². The lowest BCUT2D eigenvalue weighted by Crippen LogP contribution is -2.30. The lowest BCUT2D eigenvalue weighted by molar-refractivity contribution is -0.136. The largest absolute Gasteiger partial charge is 0.508 e. The molecule has 0 aliphatic carbocycles. The molecule has 22 heavy (non-hydrogen) atoms. The van der Waals surface area contributed by atoms with Crippen LogP contribution in [-0.4, -0.2) is 38.4 Å². The quantitative estimate of drug-likeness (QED) is 0.822. The maximum absolute atomic E-state index is 12.3. The number of fused-ring (bicyclic) bond motifs is 1. The standard InChI is InChI=1S/C14H15N5O3/c1-3-10-11(13(21)22-2)12(8-5-4-6-9(20)7-8)19-14(15-10)16-17-18-19/h4-7,12,20H,3H2,1-2H3,(H,15,16,18). The Morgan fingerprint density at radius 2 is 2.32 bits per heavy atom. The van der Waals surface area contributed by atoms with Crippen molar-refractivity contribution in [2.75, 3.05) is 12.4 Å². The number of carbonyl (C=O) groups is 1. The number of rotatable bonds is 3. The number of tetrazole rings is 1. The number of phenolic OH excluding ortho intramolecular Hbond substituents is 1. The molecule has 2 N–H and O–H groups in total. The number of allylic oxidation sites excluding steroid dienone is 1. The van der Waals surface area contributed by atoms with Gasteiger partial charge < -0.3 is 15.2 Å². The molecule has 114 valence electrons. The van der Waals surface area contributed by atoms with Gasteiger partial charge in [0.05, 0.1) is 12.7 Å². The van der Waals surface area contributed by atoms with Crippen LogP contribution in [0.5, 0.6) is 5.75 Å². The molecule has 1 unspecified atom stereocenters. The Hall–Kier alpha value is -2.90.